The highest BCUT2D eigenvalue weighted by Crippen LogP contribution is 2.36. The van der Waals surface area contributed by atoms with Gasteiger partial charge in [0.05, 0.1) is 6.61 Å². The maximum atomic E-state index is 12.4. The fourth-order valence-corrected chi connectivity index (χ4v) is 3.64. The Kier molecular flexibility index (Phi) is 8.32. The summed E-state index contributed by atoms with van der Waals surface area (Å²) in [7, 11) is 0. The smallest absolute Gasteiger partial charge is 0.344 e. The van der Waals surface area contributed by atoms with Crippen molar-refractivity contribution < 1.29 is 24.2 Å². The van der Waals surface area contributed by atoms with Crippen LogP contribution in [0.2, 0.25) is 0 Å². The van der Waals surface area contributed by atoms with E-state index in [-0.39, 0.29) is 25.5 Å². The Hall–Kier alpha value is -3.20. The van der Waals surface area contributed by atoms with Crippen LogP contribution in [0.5, 0.6) is 5.75 Å². The molecule has 0 radical (unpaired) electrons. The molecule has 0 amide bonds. The SMILES string of the molecule is CCOC(=O)COc1ccc(C(CC)(Nc2ccc(C(=N)N)cc2)C(=O)O)cc1SC. The number of amidine groups is 1. The Labute approximate surface area is 185 Å². The highest BCUT2D eigenvalue weighted by molar-refractivity contribution is 7.98. The van der Waals surface area contributed by atoms with E-state index in [0.29, 0.717) is 27.5 Å². The summed E-state index contributed by atoms with van der Waals surface area (Å²) < 4.78 is 10.4. The van der Waals surface area contributed by atoms with Gasteiger partial charge in [0, 0.05) is 16.1 Å². The number of esters is 1. The molecular formula is C22H27N3O5S. The molecule has 0 aliphatic rings. The van der Waals surface area contributed by atoms with E-state index in [9.17, 15) is 14.7 Å². The Balaban J connectivity index is 2.37. The Morgan fingerprint density at radius 2 is 1.87 bits per heavy atom. The van der Waals surface area contributed by atoms with Crippen LogP contribution < -0.4 is 15.8 Å². The number of carbonyl (C=O) groups is 2. The molecule has 1 unspecified atom stereocenters. The molecule has 2 aromatic carbocycles. The van der Waals surface area contributed by atoms with Crippen molar-refractivity contribution in [3.8, 4) is 5.75 Å². The van der Waals surface area contributed by atoms with E-state index in [1.165, 1.54) is 11.8 Å². The second kappa shape index (κ2) is 10.7. The summed E-state index contributed by atoms with van der Waals surface area (Å²) in [4.78, 5) is 24.7. The van der Waals surface area contributed by atoms with E-state index in [1.807, 2.05) is 6.26 Å². The minimum atomic E-state index is -1.39. The van der Waals surface area contributed by atoms with Gasteiger partial charge in [-0.3, -0.25) is 5.41 Å². The number of rotatable bonds is 11. The van der Waals surface area contributed by atoms with Crippen LogP contribution in [0.15, 0.2) is 47.4 Å². The van der Waals surface area contributed by atoms with Gasteiger partial charge in [0.25, 0.3) is 0 Å². The lowest BCUT2D eigenvalue weighted by atomic mass is 9.86. The minimum Gasteiger partial charge on any atom is -0.481 e. The van der Waals surface area contributed by atoms with Crippen molar-refractivity contribution in [2.45, 2.75) is 30.7 Å². The molecule has 8 nitrogen and oxygen atoms in total. The highest BCUT2D eigenvalue weighted by atomic mass is 32.2. The molecule has 0 saturated carbocycles. The number of ether oxygens (including phenoxy) is 2. The number of anilines is 1. The summed E-state index contributed by atoms with van der Waals surface area (Å²) >= 11 is 1.39. The van der Waals surface area contributed by atoms with E-state index >= 15 is 0 Å². The third kappa shape index (κ3) is 5.69. The average molecular weight is 446 g/mol. The number of hydrogen-bond donors (Lipinski definition) is 4. The molecule has 9 heteroatoms. The number of benzene rings is 2. The topological polar surface area (TPSA) is 135 Å². The maximum Gasteiger partial charge on any atom is 0.344 e. The molecule has 0 aromatic heterocycles. The third-order valence-electron chi connectivity index (χ3n) is 4.76. The van der Waals surface area contributed by atoms with Crippen molar-refractivity contribution in [2.75, 3.05) is 24.8 Å². The van der Waals surface area contributed by atoms with Gasteiger partial charge in [-0.15, -0.1) is 11.8 Å². The fourth-order valence-electron chi connectivity index (χ4n) is 3.06. The van der Waals surface area contributed by atoms with Crippen LogP contribution in [0.3, 0.4) is 0 Å². The third-order valence-corrected chi connectivity index (χ3v) is 5.52. The summed E-state index contributed by atoms with van der Waals surface area (Å²) in [5.74, 6) is -1.08. The second-order valence-corrected chi connectivity index (χ2v) is 7.49. The number of hydrogen-bond acceptors (Lipinski definition) is 7. The van der Waals surface area contributed by atoms with Gasteiger partial charge in [0.2, 0.25) is 0 Å². The molecule has 0 heterocycles. The zero-order valence-corrected chi connectivity index (χ0v) is 18.5. The van der Waals surface area contributed by atoms with Crippen molar-refractivity contribution in [1.82, 2.24) is 0 Å². The van der Waals surface area contributed by atoms with Crippen LogP contribution in [0.4, 0.5) is 5.69 Å². The molecule has 0 fully saturated rings. The zero-order chi connectivity index (χ0) is 23.0. The molecule has 31 heavy (non-hydrogen) atoms. The fraction of sp³-hybridized carbons (Fsp3) is 0.318. The average Bonchev–Trinajstić information content (AvgIpc) is 2.76. The van der Waals surface area contributed by atoms with Crippen LogP contribution in [0, 0.1) is 5.41 Å². The molecule has 0 aliphatic carbocycles. The van der Waals surface area contributed by atoms with Crippen molar-refractivity contribution in [1.29, 1.82) is 5.41 Å². The Bertz CT molecular complexity index is 949. The molecule has 0 aliphatic heterocycles. The van der Waals surface area contributed by atoms with Crippen molar-refractivity contribution in [2.24, 2.45) is 5.73 Å². The first-order valence-corrected chi connectivity index (χ1v) is 10.9. The van der Waals surface area contributed by atoms with Gasteiger partial charge in [0.1, 0.15) is 11.6 Å². The quantitative estimate of drug-likeness (QED) is 0.179. The van der Waals surface area contributed by atoms with Gasteiger partial charge in [-0.1, -0.05) is 13.0 Å². The predicted molar refractivity (Wildman–Crippen MR) is 121 cm³/mol. The van der Waals surface area contributed by atoms with Crippen LogP contribution in [-0.2, 0) is 19.9 Å². The summed E-state index contributed by atoms with van der Waals surface area (Å²) in [6.07, 6.45) is 2.12. The van der Waals surface area contributed by atoms with E-state index in [4.69, 9.17) is 20.6 Å². The van der Waals surface area contributed by atoms with E-state index in [0.717, 1.165) is 0 Å². The molecule has 166 valence electrons. The van der Waals surface area contributed by atoms with Gasteiger partial charge in [-0.05, 0) is 61.6 Å². The first-order chi connectivity index (χ1) is 14.8. The normalized spacial score (nSPS) is 12.5. The lowest BCUT2D eigenvalue weighted by Crippen LogP contribution is -2.43. The Morgan fingerprint density at radius 1 is 1.19 bits per heavy atom. The van der Waals surface area contributed by atoms with Crippen molar-refractivity contribution >= 4 is 35.2 Å². The summed E-state index contributed by atoms with van der Waals surface area (Å²) in [5, 5.41) is 20.8. The maximum absolute atomic E-state index is 12.4. The number of carboxylic acids is 1. The molecule has 0 bridgehead atoms. The number of nitrogens with one attached hydrogen (secondary N) is 2. The molecule has 0 spiro atoms. The number of thioether (sulfide) groups is 1. The highest BCUT2D eigenvalue weighted by Gasteiger charge is 2.39. The number of nitrogens with two attached hydrogens (primary N) is 1. The molecular weight excluding hydrogens is 418 g/mol. The predicted octanol–water partition coefficient (Wildman–Crippen LogP) is 3.44. The van der Waals surface area contributed by atoms with Crippen LogP contribution in [0.1, 0.15) is 31.4 Å². The zero-order valence-electron chi connectivity index (χ0n) is 17.7. The van der Waals surface area contributed by atoms with Gasteiger partial charge in [-0.25, -0.2) is 9.59 Å². The van der Waals surface area contributed by atoms with Gasteiger partial charge >= 0.3 is 11.9 Å². The number of nitrogen functional groups attached to an aromatic ring is 1. The molecule has 2 aromatic rings. The van der Waals surface area contributed by atoms with Crippen molar-refractivity contribution in [3.05, 3.63) is 53.6 Å². The largest absolute Gasteiger partial charge is 0.481 e. The van der Waals surface area contributed by atoms with Gasteiger partial charge in [-0.2, -0.15) is 0 Å². The minimum absolute atomic E-state index is 0.0606. The van der Waals surface area contributed by atoms with Crippen LogP contribution in [-0.4, -0.2) is 42.4 Å². The molecule has 2 rings (SSSR count). The lowest BCUT2D eigenvalue weighted by Gasteiger charge is -2.31. The van der Waals surface area contributed by atoms with Crippen molar-refractivity contribution in [3.63, 3.8) is 0 Å². The van der Waals surface area contributed by atoms with Crippen LogP contribution in [0.25, 0.3) is 0 Å². The van der Waals surface area contributed by atoms with Gasteiger partial charge in [0.15, 0.2) is 12.1 Å². The van der Waals surface area contributed by atoms with E-state index < -0.39 is 17.5 Å². The lowest BCUT2D eigenvalue weighted by molar-refractivity contribution is -0.145. The summed E-state index contributed by atoms with van der Waals surface area (Å²) in [6, 6.07) is 11.8. The van der Waals surface area contributed by atoms with E-state index in [1.54, 1.807) is 56.3 Å². The summed E-state index contributed by atoms with van der Waals surface area (Å²) in [5.41, 5.74) is 5.79. The summed E-state index contributed by atoms with van der Waals surface area (Å²) in [6.45, 7) is 3.55. The number of carboxylic acid groups (broad SMARTS) is 1. The van der Waals surface area contributed by atoms with Gasteiger partial charge < -0.3 is 25.6 Å². The van der Waals surface area contributed by atoms with Crippen LogP contribution >= 0.6 is 11.8 Å². The standard InChI is InChI=1S/C22H27N3O5S/c1-4-22(21(27)28,25-16-9-6-14(7-10-16)20(23)24)15-8-11-17(18(12-15)31-3)30-13-19(26)29-5-2/h6-12,25H,4-5,13H2,1-3H3,(H3,23,24)(H,27,28). The first-order valence-electron chi connectivity index (χ1n) is 9.70. The number of carbonyl (C=O) groups excluding carboxylic acids is 1. The van der Waals surface area contributed by atoms with E-state index in [2.05, 4.69) is 5.32 Å². The number of aliphatic carboxylic acids is 1. The molecule has 5 N–H and O–H groups in total. The first kappa shape index (κ1) is 24.1. The second-order valence-electron chi connectivity index (χ2n) is 6.64. The Morgan fingerprint density at radius 3 is 2.39 bits per heavy atom. The monoisotopic (exact) mass is 445 g/mol. The molecule has 0 saturated heterocycles. The molecule has 1 atom stereocenters.